The summed E-state index contributed by atoms with van der Waals surface area (Å²) in [6.45, 7) is -0.404. The van der Waals surface area contributed by atoms with Crippen LogP contribution in [0.15, 0.2) is 24.3 Å². The first kappa shape index (κ1) is 12.3. The van der Waals surface area contributed by atoms with E-state index in [1.807, 2.05) is 0 Å². The number of nitrogens with one attached hydrogen (secondary N) is 2. The fourth-order valence-corrected chi connectivity index (χ4v) is 1.32. The van der Waals surface area contributed by atoms with Crippen LogP contribution in [0.4, 0.5) is 9.18 Å². The maximum atomic E-state index is 13.1. The molecule has 0 atom stereocenters. The standard InChI is InChI=1S/C12H13FN2O3/c13-9-3-1-2-4-10(9)18-7-11(16)15-12(17)14-8-5-6-8/h1-4,8H,5-7H2,(H2,14,15,16,17). The van der Waals surface area contributed by atoms with Gasteiger partial charge in [-0.05, 0) is 25.0 Å². The Kier molecular flexibility index (Phi) is 3.76. The monoisotopic (exact) mass is 252 g/mol. The van der Waals surface area contributed by atoms with E-state index in [0.29, 0.717) is 0 Å². The van der Waals surface area contributed by atoms with Gasteiger partial charge in [-0.3, -0.25) is 10.1 Å². The Labute approximate surface area is 103 Å². The van der Waals surface area contributed by atoms with Gasteiger partial charge in [-0.2, -0.15) is 0 Å². The van der Waals surface area contributed by atoms with Crippen LogP contribution in [-0.4, -0.2) is 24.6 Å². The lowest BCUT2D eigenvalue weighted by Gasteiger charge is -2.07. The third kappa shape index (κ3) is 3.73. The fraction of sp³-hybridized carbons (Fsp3) is 0.333. The van der Waals surface area contributed by atoms with Gasteiger partial charge in [-0.1, -0.05) is 12.1 Å². The minimum atomic E-state index is -0.614. The second-order valence-corrected chi connectivity index (χ2v) is 4.02. The van der Waals surface area contributed by atoms with Gasteiger partial charge in [0.05, 0.1) is 0 Å². The Morgan fingerprint density at radius 2 is 2.06 bits per heavy atom. The second-order valence-electron chi connectivity index (χ2n) is 4.02. The molecule has 0 spiro atoms. The normalized spacial score (nSPS) is 13.8. The summed E-state index contributed by atoms with van der Waals surface area (Å²) < 4.78 is 18.1. The minimum Gasteiger partial charge on any atom is -0.481 e. The van der Waals surface area contributed by atoms with Crippen molar-refractivity contribution in [2.75, 3.05) is 6.61 Å². The number of hydrogen-bond donors (Lipinski definition) is 2. The highest BCUT2D eigenvalue weighted by molar-refractivity contribution is 5.95. The molecule has 6 heteroatoms. The highest BCUT2D eigenvalue weighted by atomic mass is 19.1. The zero-order valence-corrected chi connectivity index (χ0v) is 9.61. The van der Waals surface area contributed by atoms with Crippen molar-refractivity contribution in [3.63, 3.8) is 0 Å². The van der Waals surface area contributed by atoms with Crippen LogP contribution in [0.1, 0.15) is 12.8 Å². The van der Waals surface area contributed by atoms with Gasteiger partial charge in [-0.25, -0.2) is 9.18 Å². The van der Waals surface area contributed by atoms with E-state index in [1.54, 1.807) is 6.07 Å². The minimum absolute atomic E-state index is 0.0183. The molecule has 5 nitrogen and oxygen atoms in total. The highest BCUT2D eigenvalue weighted by Gasteiger charge is 2.23. The summed E-state index contributed by atoms with van der Waals surface area (Å²) in [4.78, 5) is 22.5. The zero-order chi connectivity index (χ0) is 13.0. The number of imide groups is 1. The molecular formula is C12H13FN2O3. The molecule has 0 heterocycles. The van der Waals surface area contributed by atoms with Gasteiger partial charge in [0.1, 0.15) is 0 Å². The SMILES string of the molecule is O=C(COc1ccccc1F)NC(=O)NC1CC1. The molecule has 18 heavy (non-hydrogen) atoms. The van der Waals surface area contributed by atoms with Crippen LogP contribution in [0.3, 0.4) is 0 Å². The maximum Gasteiger partial charge on any atom is 0.321 e. The van der Waals surface area contributed by atoms with Gasteiger partial charge < -0.3 is 10.1 Å². The number of hydrogen-bond acceptors (Lipinski definition) is 3. The first-order valence-electron chi connectivity index (χ1n) is 5.63. The number of ether oxygens (including phenoxy) is 1. The highest BCUT2D eigenvalue weighted by Crippen LogP contribution is 2.18. The number of carbonyl (C=O) groups excluding carboxylic acids is 2. The van der Waals surface area contributed by atoms with Crippen LogP contribution in [0, 0.1) is 5.82 Å². The maximum absolute atomic E-state index is 13.1. The van der Waals surface area contributed by atoms with Crippen molar-refractivity contribution in [2.45, 2.75) is 18.9 Å². The van der Waals surface area contributed by atoms with Crippen molar-refractivity contribution in [2.24, 2.45) is 0 Å². The van der Waals surface area contributed by atoms with Crippen molar-refractivity contribution in [1.29, 1.82) is 0 Å². The zero-order valence-electron chi connectivity index (χ0n) is 9.61. The summed E-state index contributed by atoms with van der Waals surface area (Å²) in [5, 5.41) is 4.70. The molecule has 96 valence electrons. The average molecular weight is 252 g/mol. The van der Waals surface area contributed by atoms with E-state index in [4.69, 9.17) is 4.74 Å². The lowest BCUT2D eigenvalue weighted by Crippen LogP contribution is -2.42. The molecule has 1 aliphatic carbocycles. The molecule has 2 N–H and O–H groups in total. The number of amides is 3. The van der Waals surface area contributed by atoms with Crippen LogP contribution in [0.5, 0.6) is 5.75 Å². The molecule has 0 bridgehead atoms. The predicted molar refractivity (Wildman–Crippen MR) is 61.6 cm³/mol. The molecule has 0 aliphatic heterocycles. The molecule has 3 amide bonds. The summed E-state index contributed by atoms with van der Waals surface area (Å²) >= 11 is 0. The van der Waals surface area contributed by atoms with E-state index in [2.05, 4.69) is 10.6 Å². The van der Waals surface area contributed by atoms with Crippen LogP contribution >= 0.6 is 0 Å². The van der Waals surface area contributed by atoms with Crippen molar-refractivity contribution in [3.8, 4) is 5.75 Å². The molecule has 1 fully saturated rings. The lowest BCUT2D eigenvalue weighted by atomic mass is 10.3. The largest absolute Gasteiger partial charge is 0.481 e. The van der Waals surface area contributed by atoms with Crippen molar-refractivity contribution in [1.82, 2.24) is 10.6 Å². The number of urea groups is 1. The first-order valence-corrected chi connectivity index (χ1v) is 5.63. The number of carbonyl (C=O) groups is 2. The van der Waals surface area contributed by atoms with Crippen LogP contribution in [0.25, 0.3) is 0 Å². The van der Waals surface area contributed by atoms with Crippen molar-refractivity contribution < 1.29 is 18.7 Å². The Balaban J connectivity index is 1.74. The van der Waals surface area contributed by atoms with Crippen molar-refractivity contribution in [3.05, 3.63) is 30.1 Å². The summed E-state index contributed by atoms with van der Waals surface area (Å²) in [6.07, 6.45) is 1.88. The molecule has 1 aromatic carbocycles. The van der Waals surface area contributed by atoms with E-state index >= 15 is 0 Å². The van der Waals surface area contributed by atoms with Gasteiger partial charge in [0.2, 0.25) is 0 Å². The van der Waals surface area contributed by atoms with Crippen molar-refractivity contribution >= 4 is 11.9 Å². The Bertz CT molecular complexity index is 460. The summed E-state index contributed by atoms with van der Waals surface area (Å²) in [7, 11) is 0. The van der Waals surface area contributed by atoms with Gasteiger partial charge in [0.15, 0.2) is 18.2 Å². The molecule has 1 saturated carbocycles. The molecular weight excluding hydrogens is 239 g/mol. The van der Waals surface area contributed by atoms with Gasteiger partial charge in [0.25, 0.3) is 5.91 Å². The molecule has 0 saturated heterocycles. The summed E-state index contributed by atoms with van der Waals surface area (Å²) in [5.41, 5.74) is 0. The molecule has 2 rings (SSSR count). The van der Waals surface area contributed by atoms with Crippen LogP contribution in [0.2, 0.25) is 0 Å². The number of benzene rings is 1. The quantitative estimate of drug-likeness (QED) is 0.845. The number of halogens is 1. The van der Waals surface area contributed by atoms with E-state index in [9.17, 15) is 14.0 Å². The number of rotatable bonds is 4. The smallest absolute Gasteiger partial charge is 0.321 e. The molecule has 1 aromatic rings. The van der Waals surface area contributed by atoms with Crippen LogP contribution < -0.4 is 15.4 Å². The molecule has 0 aromatic heterocycles. The van der Waals surface area contributed by atoms with E-state index in [-0.39, 0.29) is 11.8 Å². The predicted octanol–water partition coefficient (Wildman–Crippen LogP) is 1.19. The third-order valence-corrected chi connectivity index (χ3v) is 2.36. The van der Waals surface area contributed by atoms with E-state index in [0.717, 1.165) is 12.8 Å². The van der Waals surface area contributed by atoms with Gasteiger partial charge in [0, 0.05) is 6.04 Å². The second kappa shape index (κ2) is 5.48. The fourth-order valence-electron chi connectivity index (χ4n) is 1.32. The van der Waals surface area contributed by atoms with Gasteiger partial charge in [-0.15, -0.1) is 0 Å². The first-order chi connectivity index (χ1) is 8.65. The topological polar surface area (TPSA) is 67.4 Å². The Morgan fingerprint density at radius 3 is 2.72 bits per heavy atom. The Hall–Kier alpha value is -2.11. The molecule has 0 radical (unpaired) electrons. The van der Waals surface area contributed by atoms with E-state index < -0.39 is 24.4 Å². The summed E-state index contributed by atoms with van der Waals surface area (Å²) in [5.74, 6) is -1.18. The van der Waals surface area contributed by atoms with Gasteiger partial charge >= 0.3 is 6.03 Å². The Morgan fingerprint density at radius 1 is 1.33 bits per heavy atom. The molecule has 0 unspecified atom stereocenters. The van der Waals surface area contributed by atoms with E-state index in [1.165, 1.54) is 18.2 Å². The molecule has 1 aliphatic rings. The van der Waals surface area contributed by atoms with Crippen LogP contribution in [-0.2, 0) is 4.79 Å². The lowest BCUT2D eigenvalue weighted by molar-refractivity contribution is -0.122. The summed E-state index contributed by atoms with van der Waals surface area (Å²) in [6, 6.07) is 5.38. The average Bonchev–Trinajstić information content (AvgIpc) is 3.11. The third-order valence-electron chi connectivity index (χ3n) is 2.36. The number of para-hydroxylation sites is 1.